The highest BCUT2D eigenvalue weighted by molar-refractivity contribution is 9.10. The topological polar surface area (TPSA) is 124 Å². The SMILES string of the molecule is COC(=O)c1ccc(CN2C(=O)N/C(=C\c3ccc(O[C@H](C)C(=O)OC)c(Br)c3)C2=O)o1. The molecule has 11 heteroatoms. The van der Waals surface area contributed by atoms with Crippen LogP contribution in [0, 0.1) is 0 Å². The molecule has 168 valence electrons. The van der Waals surface area contributed by atoms with Crippen LogP contribution >= 0.6 is 15.9 Å². The van der Waals surface area contributed by atoms with Crippen molar-refractivity contribution in [1.82, 2.24) is 10.2 Å². The quantitative estimate of drug-likeness (QED) is 0.345. The van der Waals surface area contributed by atoms with Gasteiger partial charge in [-0.1, -0.05) is 6.07 Å². The molecule has 3 rings (SSSR count). The number of imide groups is 1. The Morgan fingerprint density at radius 2 is 1.94 bits per heavy atom. The molecule has 1 aliphatic rings. The van der Waals surface area contributed by atoms with E-state index in [4.69, 9.17) is 9.15 Å². The monoisotopic (exact) mass is 506 g/mol. The van der Waals surface area contributed by atoms with Gasteiger partial charge in [-0.25, -0.2) is 14.4 Å². The maximum absolute atomic E-state index is 12.7. The van der Waals surface area contributed by atoms with Crippen LogP contribution in [0.5, 0.6) is 5.75 Å². The molecular formula is C21H19BrN2O8. The van der Waals surface area contributed by atoms with Crippen molar-refractivity contribution < 1.29 is 37.8 Å². The number of esters is 2. The van der Waals surface area contributed by atoms with Gasteiger partial charge >= 0.3 is 18.0 Å². The summed E-state index contributed by atoms with van der Waals surface area (Å²) in [5.41, 5.74) is 0.671. The molecule has 0 radical (unpaired) electrons. The van der Waals surface area contributed by atoms with Crippen molar-refractivity contribution in [3.8, 4) is 5.75 Å². The maximum atomic E-state index is 12.7. The summed E-state index contributed by atoms with van der Waals surface area (Å²) in [7, 11) is 2.49. The third kappa shape index (κ3) is 4.99. The minimum atomic E-state index is -0.800. The van der Waals surface area contributed by atoms with Crippen molar-refractivity contribution in [2.75, 3.05) is 14.2 Å². The van der Waals surface area contributed by atoms with Crippen molar-refractivity contribution in [1.29, 1.82) is 0 Å². The maximum Gasteiger partial charge on any atom is 0.373 e. The Balaban J connectivity index is 1.72. The fourth-order valence-corrected chi connectivity index (χ4v) is 3.31. The van der Waals surface area contributed by atoms with E-state index >= 15 is 0 Å². The molecule has 1 N–H and O–H groups in total. The van der Waals surface area contributed by atoms with E-state index < -0.39 is 30.0 Å². The molecule has 1 saturated heterocycles. The molecule has 2 heterocycles. The fraction of sp³-hybridized carbons (Fsp3) is 0.238. The van der Waals surface area contributed by atoms with Gasteiger partial charge in [-0.2, -0.15) is 0 Å². The summed E-state index contributed by atoms with van der Waals surface area (Å²) in [5.74, 6) is -1.10. The summed E-state index contributed by atoms with van der Waals surface area (Å²) in [4.78, 5) is 48.9. The molecular weight excluding hydrogens is 488 g/mol. The Hall–Kier alpha value is -3.60. The van der Waals surface area contributed by atoms with E-state index in [0.717, 1.165) is 4.90 Å². The minimum absolute atomic E-state index is 0.0287. The van der Waals surface area contributed by atoms with Crippen molar-refractivity contribution >= 4 is 45.9 Å². The van der Waals surface area contributed by atoms with Crippen LogP contribution in [-0.4, -0.2) is 49.1 Å². The lowest BCUT2D eigenvalue weighted by Crippen LogP contribution is -2.30. The molecule has 2 aromatic rings. The normalized spacial score (nSPS) is 15.5. The Morgan fingerprint density at radius 3 is 2.59 bits per heavy atom. The zero-order valence-electron chi connectivity index (χ0n) is 17.3. The number of urea groups is 1. The fourth-order valence-electron chi connectivity index (χ4n) is 2.82. The molecule has 1 atom stereocenters. The molecule has 0 spiro atoms. The molecule has 1 aromatic heterocycles. The number of benzene rings is 1. The standard InChI is InChI=1S/C21H19BrN2O8/c1-11(19(26)29-2)31-16-6-4-12(8-14(16)22)9-15-18(25)24(21(28)23-15)10-13-5-7-17(32-13)20(27)30-3/h4-9,11H,10H2,1-3H3,(H,23,28)/b15-9-/t11-/m1/s1. The highest BCUT2D eigenvalue weighted by Crippen LogP contribution is 2.28. The van der Waals surface area contributed by atoms with Crippen LogP contribution in [0.1, 0.15) is 28.8 Å². The van der Waals surface area contributed by atoms with Gasteiger partial charge in [-0.05, 0) is 58.8 Å². The van der Waals surface area contributed by atoms with Crippen LogP contribution in [0.15, 0.2) is 44.9 Å². The van der Waals surface area contributed by atoms with Gasteiger partial charge in [0.05, 0.1) is 25.2 Å². The molecule has 1 aliphatic heterocycles. The Bertz CT molecular complexity index is 1110. The lowest BCUT2D eigenvalue weighted by Gasteiger charge is -2.14. The van der Waals surface area contributed by atoms with E-state index in [1.165, 1.54) is 32.4 Å². The Kier molecular flexibility index (Phi) is 6.98. The molecule has 0 saturated carbocycles. The molecule has 10 nitrogen and oxygen atoms in total. The van der Waals surface area contributed by atoms with Gasteiger partial charge in [0, 0.05) is 0 Å². The predicted molar refractivity (Wildman–Crippen MR) is 113 cm³/mol. The van der Waals surface area contributed by atoms with Crippen LogP contribution in [0.2, 0.25) is 0 Å². The van der Waals surface area contributed by atoms with Crippen molar-refractivity contribution in [2.24, 2.45) is 0 Å². The van der Waals surface area contributed by atoms with Crippen molar-refractivity contribution in [3.63, 3.8) is 0 Å². The number of nitrogens with zero attached hydrogens (tertiary/aromatic N) is 1. The number of hydrogen-bond donors (Lipinski definition) is 1. The first-order valence-electron chi connectivity index (χ1n) is 9.29. The second-order valence-corrected chi connectivity index (χ2v) is 7.46. The number of carbonyl (C=O) groups is 4. The van der Waals surface area contributed by atoms with E-state index in [2.05, 4.69) is 30.7 Å². The van der Waals surface area contributed by atoms with Gasteiger partial charge < -0.3 is 23.9 Å². The number of amides is 3. The molecule has 0 unspecified atom stereocenters. The first-order valence-corrected chi connectivity index (χ1v) is 10.1. The first kappa shape index (κ1) is 23.1. The lowest BCUT2D eigenvalue weighted by molar-refractivity contribution is -0.147. The van der Waals surface area contributed by atoms with Crippen LogP contribution in [0.25, 0.3) is 6.08 Å². The summed E-state index contributed by atoms with van der Waals surface area (Å²) in [6.45, 7) is 1.41. The van der Waals surface area contributed by atoms with Gasteiger partial charge in [0.15, 0.2) is 6.10 Å². The van der Waals surface area contributed by atoms with E-state index in [0.29, 0.717) is 15.8 Å². The van der Waals surface area contributed by atoms with Gasteiger partial charge in [-0.3, -0.25) is 9.69 Å². The number of methoxy groups -OCH3 is 2. The summed E-state index contributed by atoms with van der Waals surface area (Å²) in [5, 5.41) is 2.51. The lowest BCUT2D eigenvalue weighted by atomic mass is 10.2. The number of ether oxygens (including phenoxy) is 3. The van der Waals surface area contributed by atoms with E-state index in [-0.39, 0.29) is 23.8 Å². The minimum Gasteiger partial charge on any atom is -0.478 e. The van der Waals surface area contributed by atoms with Gasteiger partial charge in [0.1, 0.15) is 17.2 Å². The molecule has 0 aliphatic carbocycles. The highest BCUT2D eigenvalue weighted by Gasteiger charge is 2.34. The average molecular weight is 507 g/mol. The molecule has 3 amide bonds. The highest BCUT2D eigenvalue weighted by atomic mass is 79.9. The third-order valence-electron chi connectivity index (χ3n) is 4.43. The smallest absolute Gasteiger partial charge is 0.373 e. The number of furan rings is 1. The summed E-state index contributed by atoms with van der Waals surface area (Å²) in [6, 6.07) is 7.21. The average Bonchev–Trinajstić information content (AvgIpc) is 3.35. The molecule has 1 aromatic carbocycles. The van der Waals surface area contributed by atoms with Gasteiger partial charge in [0.25, 0.3) is 5.91 Å². The molecule has 32 heavy (non-hydrogen) atoms. The van der Waals surface area contributed by atoms with Crippen molar-refractivity contribution in [3.05, 3.63) is 57.6 Å². The van der Waals surface area contributed by atoms with E-state index in [1.807, 2.05) is 0 Å². The number of rotatable bonds is 7. The summed E-state index contributed by atoms with van der Waals surface area (Å²) >= 11 is 3.36. The van der Waals surface area contributed by atoms with E-state index in [1.54, 1.807) is 25.1 Å². The Labute approximate surface area is 191 Å². The van der Waals surface area contributed by atoms with E-state index in [9.17, 15) is 19.2 Å². The Morgan fingerprint density at radius 1 is 1.19 bits per heavy atom. The zero-order chi connectivity index (χ0) is 23.4. The zero-order valence-corrected chi connectivity index (χ0v) is 18.9. The van der Waals surface area contributed by atoms with Crippen LogP contribution in [0.4, 0.5) is 4.79 Å². The number of hydrogen-bond acceptors (Lipinski definition) is 8. The summed E-state index contributed by atoms with van der Waals surface area (Å²) in [6.07, 6.45) is 0.701. The van der Waals surface area contributed by atoms with Crippen molar-refractivity contribution in [2.45, 2.75) is 19.6 Å². The second-order valence-electron chi connectivity index (χ2n) is 6.61. The number of nitrogens with one attached hydrogen (secondary N) is 1. The predicted octanol–water partition coefficient (Wildman–Crippen LogP) is 2.86. The molecule has 0 bridgehead atoms. The number of halogens is 1. The largest absolute Gasteiger partial charge is 0.478 e. The first-order chi connectivity index (χ1) is 15.2. The summed E-state index contributed by atoms with van der Waals surface area (Å²) < 4.78 is 20.6. The third-order valence-corrected chi connectivity index (χ3v) is 5.05. The number of carbonyl (C=O) groups excluding carboxylic acids is 4. The molecule has 1 fully saturated rings. The van der Waals surface area contributed by atoms with Crippen LogP contribution < -0.4 is 10.1 Å². The van der Waals surface area contributed by atoms with Crippen LogP contribution in [-0.2, 0) is 25.6 Å². The van der Waals surface area contributed by atoms with Gasteiger partial charge in [0.2, 0.25) is 5.76 Å². The second kappa shape index (κ2) is 9.69. The van der Waals surface area contributed by atoms with Gasteiger partial charge in [-0.15, -0.1) is 0 Å². The van der Waals surface area contributed by atoms with Crippen LogP contribution in [0.3, 0.4) is 0 Å².